The van der Waals surface area contributed by atoms with Crippen LogP contribution in [0.15, 0.2) is 0 Å². The Hall–Kier alpha value is -1.67. The molecule has 1 unspecified atom stereocenters. The van der Waals surface area contributed by atoms with Crippen molar-refractivity contribution in [2.24, 2.45) is 7.05 Å². The SMILES string of the molecule is Cc1nn(C)c(OCC2CNCC(C)(C)O2)c1[N+](=O)[O-]. The standard InChI is InChI=1S/C12H20N4O4/c1-8-10(16(17)18)11(15(4)14-8)19-6-9-5-13-7-12(2,3)20-9/h9,13H,5-7H2,1-4H3. The van der Waals surface area contributed by atoms with Gasteiger partial charge in [0.1, 0.15) is 18.4 Å². The van der Waals surface area contributed by atoms with Gasteiger partial charge in [0.15, 0.2) is 0 Å². The Kier molecular flexibility index (Phi) is 3.96. The number of hydrogen-bond acceptors (Lipinski definition) is 6. The summed E-state index contributed by atoms with van der Waals surface area (Å²) in [4.78, 5) is 10.6. The summed E-state index contributed by atoms with van der Waals surface area (Å²) in [5.74, 6) is 0.166. The number of ether oxygens (including phenoxy) is 2. The minimum absolute atomic E-state index is 0.0875. The van der Waals surface area contributed by atoms with Crippen molar-refractivity contribution in [2.45, 2.75) is 32.5 Å². The summed E-state index contributed by atoms with van der Waals surface area (Å²) in [5.41, 5.74) is -0.00771. The fourth-order valence-electron chi connectivity index (χ4n) is 2.33. The molecule has 0 saturated carbocycles. The maximum absolute atomic E-state index is 11.0. The minimum Gasteiger partial charge on any atom is -0.470 e. The molecule has 0 spiro atoms. The molecule has 2 heterocycles. The van der Waals surface area contributed by atoms with Gasteiger partial charge in [0.25, 0.3) is 5.88 Å². The van der Waals surface area contributed by atoms with Crippen molar-refractivity contribution in [1.29, 1.82) is 0 Å². The maximum Gasteiger partial charge on any atom is 0.353 e. The molecule has 1 fully saturated rings. The van der Waals surface area contributed by atoms with Gasteiger partial charge >= 0.3 is 5.69 Å². The molecule has 20 heavy (non-hydrogen) atoms. The van der Waals surface area contributed by atoms with Crippen molar-refractivity contribution in [2.75, 3.05) is 19.7 Å². The van der Waals surface area contributed by atoms with Crippen LogP contribution in [-0.2, 0) is 11.8 Å². The van der Waals surface area contributed by atoms with Crippen LogP contribution in [0.3, 0.4) is 0 Å². The first kappa shape index (κ1) is 14.7. The Morgan fingerprint density at radius 3 is 2.95 bits per heavy atom. The van der Waals surface area contributed by atoms with Gasteiger partial charge in [-0.15, -0.1) is 0 Å². The molecule has 1 aromatic rings. The second-order valence-electron chi connectivity index (χ2n) is 5.56. The van der Waals surface area contributed by atoms with Crippen LogP contribution >= 0.6 is 0 Å². The monoisotopic (exact) mass is 284 g/mol. The third kappa shape index (κ3) is 3.07. The summed E-state index contributed by atoms with van der Waals surface area (Å²) in [5, 5.41) is 18.3. The van der Waals surface area contributed by atoms with Crippen LogP contribution in [0.1, 0.15) is 19.5 Å². The highest BCUT2D eigenvalue weighted by molar-refractivity contribution is 5.45. The number of aromatic nitrogens is 2. The van der Waals surface area contributed by atoms with Gasteiger partial charge in [-0.1, -0.05) is 0 Å². The molecule has 0 aromatic carbocycles. The van der Waals surface area contributed by atoms with Crippen molar-refractivity contribution in [1.82, 2.24) is 15.1 Å². The van der Waals surface area contributed by atoms with Gasteiger partial charge in [0.05, 0.1) is 10.5 Å². The first-order valence-corrected chi connectivity index (χ1v) is 6.49. The molecule has 0 bridgehead atoms. The largest absolute Gasteiger partial charge is 0.470 e. The third-order valence-corrected chi connectivity index (χ3v) is 3.14. The fraction of sp³-hybridized carbons (Fsp3) is 0.750. The van der Waals surface area contributed by atoms with Crippen molar-refractivity contribution < 1.29 is 14.4 Å². The molecule has 1 saturated heterocycles. The van der Waals surface area contributed by atoms with E-state index in [-0.39, 0.29) is 29.9 Å². The van der Waals surface area contributed by atoms with Crippen LogP contribution in [0.25, 0.3) is 0 Å². The second-order valence-corrected chi connectivity index (χ2v) is 5.56. The Labute approximate surface area is 117 Å². The normalized spacial score (nSPS) is 21.7. The van der Waals surface area contributed by atoms with Crippen molar-refractivity contribution in [3.8, 4) is 5.88 Å². The van der Waals surface area contributed by atoms with E-state index in [4.69, 9.17) is 9.47 Å². The summed E-state index contributed by atoms with van der Waals surface area (Å²) in [6.07, 6.45) is -0.145. The van der Waals surface area contributed by atoms with Crippen molar-refractivity contribution in [3.63, 3.8) is 0 Å². The molecule has 112 valence electrons. The zero-order valence-electron chi connectivity index (χ0n) is 12.2. The average Bonchev–Trinajstić information content (AvgIpc) is 2.60. The molecule has 1 aliphatic rings. The summed E-state index contributed by atoms with van der Waals surface area (Å²) in [7, 11) is 1.62. The summed E-state index contributed by atoms with van der Waals surface area (Å²) in [6, 6.07) is 0. The van der Waals surface area contributed by atoms with Gasteiger partial charge in [-0.05, 0) is 20.8 Å². The predicted molar refractivity (Wildman–Crippen MR) is 71.9 cm³/mol. The average molecular weight is 284 g/mol. The highest BCUT2D eigenvalue weighted by Gasteiger charge is 2.31. The van der Waals surface area contributed by atoms with Gasteiger partial charge in [-0.3, -0.25) is 10.1 Å². The quantitative estimate of drug-likeness (QED) is 0.649. The molecule has 1 atom stereocenters. The van der Waals surface area contributed by atoms with Crippen LogP contribution in [0.4, 0.5) is 5.69 Å². The van der Waals surface area contributed by atoms with E-state index in [1.165, 1.54) is 4.68 Å². The summed E-state index contributed by atoms with van der Waals surface area (Å²) < 4.78 is 12.8. The first-order valence-electron chi connectivity index (χ1n) is 6.49. The smallest absolute Gasteiger partial charge is 0.353 e. The van der Waals surface area contributed by atoms with E-state index >= 15 is 0 Å². The summed E-state index contributed by atoms with van der Waals surface area (Å²) in [6.45, 7) is 7.25. The van der Waals surface area contributed by atoms with E-state index in [1.807, 2.05) is 13.8 Å². The van der Waals surface area contributed by atoms with Crippen LogP contribution in [0, 0.1) is 17.0 Å². The molecule has 8 nitrogen and oxygen atoms in total. The molecular weight excluding hydrogens is 264 g/mol. The van der Waals surface area contributed by atoms with E-state index in [1.54, 1.807) is 14.0 Å². The predicted octanol–water partition coefficient (Wildman–Crippen LogP) is 0.783. The number of aryl methyl sites for hydroxylation is 2. The molecule has 8 heteroatoms. The molecule has 2 rings (SSSR count). The highest BCUT2D eigenvalue weighted by Crippen LogP contribution is 2.30. The van der Waals surface area contributed by atoms with Gasteiger partial charge in [-0.25, -0.2) is 4.68 Å². The van der Waals surface area contributed by atoms with Gasteiger partial charge in [-0.2, -0.15) is 5.10 Å². The van der Waals surface area contributed by atoms with Crippen LogP contribution < -0.4 is 10.1 Å². The van der Waals surface area contributed by atoms with Crippen molar-refractivity contribution in [3.05, 3.63) is 15.8 Å². The lowest BCUT2D eigenvalue weighted by Gasteiger charge is -2.36. The van der Waals surface area contributed by atoms with E-state index in [2.05, 4.69) is 10.4 Å². The van der Waals surface area contributed by atoms with E-state index < -0.39 is 4.92 Å². The Morgan fingerprint density at radius 1 is 1.65 bits per heavy atom. The van der Waals surface area contributed by atoms with Crippen LogP contribution in [0.5, 0.6) is 5.88 Å². The van der Waals surface area contributed by atoms with Crippen LogP contribution in [-0.4, -0.2) is 46.1 Å². The number of nitrogens with zero attached hydrogens (tertiary/aromatic N) is 3. The molecule has 1 N–H and O–H groups in total. The first-order chi connectivity index (χ1) is 9.30. The Balaban J connectivity index is 2.06. The minimum atomic E-state index is -0.471. The number of rotatable bonds is 4. The second kappa shape index (κ2) is 5.37. The number of nitro groups is 1. The Bertz CT molecular complexity index is 512. The summed E-state index contributed by atoms with van der Waals surface area (Å²) >= 11 is 0. The number of nitrogens with one attached hydrogen (secondary N) is 1. The zero-order valence-corrected chi connectivity index (χ0v) is 12.2. The van der Waals surface area contributed by atoms with Crippen molar-refractivity contribution >= 4 is 5.69 Å². The van der Waals surface area contributed by atoms with Gasteiger partial charge in [0, 0.05) is 20.1 Å². The molecule has 0 amide bonds. The topological polar surface area (TPSA) is 91.5 Å². The van der Waals surface area contributed by atoms with Gasteiger partial charge < -0.3 is 14.8 Å². The molecular formula is C12H20N4O4. The lowest BCUT2D eigenvalue weighted by molar-refractivity contribution is -0.386. The maximum atomic E-state index is 11.0. The number of morpholine rings is 1. The van der Waals surface area contributed by atoms with E-state index in [9.17, 15) is 10.1 Å². The molecule has 1 aliphatic heterocycles. The fourth-order valence-corrected chi connectivity index (χ4v) is 2.33. The highest BCUT2D eigenvalue weighted by atomic mass is 16.6. The molecule has 1 aromatic heterocycles. The van der Waals surface area contributed by atoms with E-state index in [0.29, 0.717) is 12.2 Å². The third-order valence-electron chi connectivity index (χ3n) is 3.14. The Morgan fingerprint density at radius 2 is 2.35 bits per heavy atom. The lowest BCUT2D eigenvalue weighted by Crippen LogP contribution is -2.52. The van der Waals surface area contributed by atoms with Crippen LogP contribution in [0.2, 0.25) is 0 Å². The lowest BCUT2D eigenvalue weighted by atomic mass is 10.1. The molecule has 0 aliphatic carbocycles. The zero-order chi connectivity index (χ0) is 14.9. The number of hydrogen-bond donors (Lipinski definition) is 1. The molecule has 0 radical (unpaired) electrons. The van der Waals surface area contributed by atoms with Gasteiger partial charge in [0.2, 0.25) is 0 Å². The van der Waals surface area contributed by atoms with E-state index in [0.717, 1.165) is 6.54 Å².